The van der Waals surface area contributed by atoms with E-state index in [2.05, 4.69) is 19.2 Å². The quantitative estimate of drug-likeness (QED) is 0.629. The van der Waals surface area contributed by atoms with Gasteiger partial charge >= 0.3 is 5.97 Å². The molecule has 0 aliphatic carbocycles. The van der Waals surface area contributed by atoms with Crippen LogP contribution in [0.5, 0.6) is 0 Å². The minimum atomic E-state index is -0.376. The minimum absolute atomic E-state index is 0.0988. The molecule has 1 saturated heterocycles. The fourth-order valence-corrected chi connectivity index (χ4v) is 1.48. The first-order chi connectivity index (χ1) is 5.70. The summed E-state index contributed by atoms with van der Waals surface area (Å²) in [7, 11) is 0. The van der Waals surface area contributed by atoms with Gasteiger partial charge in [0.2, 0.25) is 0 Å². The summed E-state index contributed by atoms with van der Waals surface area (Å²) < 4.78 is 5.23. The van der Waals surface area contributed by atoms with E-state index in [-0.39, 0.29) is 23.2 Å². The van der Waals surface area contributed by atoms with Crippen molar-refractivity contribution in [2.24, 2.45) is 0 Å². The highest BCUT2D eigenvalue weighted by Gasteiger charge is 2.41. The van der Waals surface area contributed by atoms with E-state index in [4.69, 9.17) is 4.74 Å². The molecule has 1 fully saturated rings. The Balaban J connectivity index is 2.36. The van der Waals surface area contributed by atoms with Gasteiger partial charge in [0.05, 0.1) is 0 Å². The van der Waals surface area contributed by atoms with Crippen molar-refractivity contribution >= 4 is 5.97 Å². The Labute approximate surface area is 79.8 Å². The summed E-state index contributed by atoms with van der Waals surface area (Å²) in [5.74, 6) is -0.133. The second-order valence-corrected chi connectivity index (χ2v) is 5.32. The molecule has 0 amide bonds. The Morgan fingerprint density at radius 3 is 2.23 bits per heavy atom. The molecule has 1 unspecified atom stereocenters. The van der Waals surface area contributed by atoms with E-state index in [9.17, 15) is 4.79 Å². The number of rotatable bonds is 1. The number of nitrogens with one attached hydrogen (secondary N) is 1. The number of carbonyl (C=O) groups is 1. The van der Waals surface area contributed by atoms with Crippen molar-refractivity contribution in [3.63, 3.8) is 0 Å². The van der Waals surface area contributed by atoms with Crippen LogP contribution in [0.2, 0.25) is 0 Å². The Hall–Kier alpha value is -0.570. The molecule has 1 aliphatic heterocycles. The van der Waals surface area contributed by atoms with Crippen molar-refractivity contribution < 1.29 is 9.53 Å². The average molecular weight is 185 g/mol. The molecule has 1 rings (SSSR count). The van der Waals surface area contributed by atoms with Crippen LogP contribution in [0.15, 0.2) is 0 Å². The molecule has 0 aromatic rings. The van der Waals surface area contributed by atoms with Gasteiger partial charge in [-0.3, -0.25) is 10.1 Å². The summed E-state index contributed by atoms with van der Waals surface area (Å²) in [6.45, 7) is 9.81. The molecule has 0 spiro atoms. The zero-order valence-corrected chi connectivity index (χ0v) is 9.10. The zero-order valence-electron chi connectivity index (χ0n) is 9.10. The molecular weight excluding hydrogens is 166 g/mol. The van der Waals surface area contributed by atoms with Gasteiger partial charge in [-0.25, -0.2) is 0 Å². The van der Waals surface area contributed by atoms with Crippen molar-refractivity contribution in [3.8, 4) is 0 Å². The lowest BCUT2D eigenvalue weighted by molar-refractivity contribution is -0.162. The van der Waals surface area contributed by atoms with E-state index >= 15 is 0 Å². The van der Waals surface area contributed by atoms with Gasteiger partial charge in [0.25, 0.3) is 0 Å². The van der Waals surface area contributed by atoms with Crippen molar-refractivity contribution in [1.82, 2.24) is 5.32 Å². The summed E-state index contributed by atoms with van der Waals surface area (Å²) in [6, 6.07) is -0.103. The largest absolute Gasteiger partial charge is 0.459 e. The summed E-state index contributed by atoms with van der Waals surface area (Å²) in [4.78, 5) is 11.4. The van der Waals surface area contributed by atoms with E-state index in [0.29, 0.717) is 0 Å². The highest BCUT2D eigenvalue weighted by molar-refractivity contribution is 5.77. The Morgan fingerprint density at radius 2 is 1.92 bits per heavy atom. The third-order valence-corrected chi connectivity index (χ3v) is 1.97. The fraction of sp³-hybridized carbons (Fsp3) is 0.900. The first kappa shape index (κ1) is 10.5. The maximum atomic E-state index is 11.4. The highest BCUT2D eigenvalue weighted by atomic mass is 16.6. The van der Waals surface area contributed by atoms with E-state index in [1.165, 1.54) is 0 Å². The lowest BCUT2D eigenvalue weighted by Crippen LogP contribution is -2.63. The molecular formula is C10H19NO2. The van der Waals surface area contributed by atoms with Crippen molar-refractivity contribution in [2.45, 2.75) is 58.2 Å². The molecule has 76 valence electrons. The first-order valence-electron chi connectivity index (χ1n) is 4.70. The van der Waals surface area contributed by atoms with E-state index in [0.717, 1.165) is 6.42 Å². The summed E-state index contributed by atoms with van der Waals surface area (Å²) in [5.41, 5.74) is -0.278. The SMILES string of the molecule is CC1(C)CC(C(=O)OC(C)(C)C)N1. The van der Waals surface area contributed by atoms with Crippen LogP contribution in [0, 0.1) is 0 Å². The maximum absolute atomic E-state index is 11.4. The monoisotopic (exact) mass is 185 g/mol. The molecule has 0 aromatic carbocycles. The van der Waals surface area contributed by atoms with E-state index in [1.54, 1.807) is 0 Å². The normalized spacial score (nSPS) is 26.4. The van der Waals surface area contributed by atoms with Crippen LogP contribution in [0.1, 0.15) is 41.0 Å². The third-order valence-electron chi connectivity index (χ3n) is 1.97. The van der Waals surface area contributed by atoms with Gasteiger partial charge in [-0.15, -0.1) is 0 Å². The third kappa shape index (κ3) is 2.99. The standard InChI is InChI=1S/C10H19NO2/c1-9(2,3)13-8(12)7-6-10(4,5)11-7/h7,11H,6H2,1-5H3. The predicted octanol–water partition coefficient (Wildman–Crippen LogP) is 1.47. The molecule has 0 saturated carbocycles. The molecule has 1 atom stereocenters. The van der Waals surface area contributed by atoms with Crippen LogP contribution < -0.4 is 5.32 Å². The summed E-state index contributed by atoms with van der Waals surface area (Å²) >= 11 is 0. The lowest BCUT2D eigenvalue weighted by atomic mass is 9.85. The van der Waals surface area contributed by atoms with Gasteiger partial charge in [-0.1, -0.05) is 0 Å². The second kappa shape index (κ2) is 2.98. The summed E-state index contributed by atoms with van der Waals surface area (Å²) in [5, 5.41) is 3.17. The number of hydrogen-bond donors (Lipinski definition) is 1. The topological polar surface area (TPSA) is 38.3 Å². The van der Waals surface area contributed by atoms with Crippen molar-refractivity contribution in [3.05, 3.63) is 0 Å². The summed E-state index contributed by atoms with van der Waals surface area (Å²) in [6.07, 6.45) is 0.863. The molecule has 1 heterocycles. The molecule has 1 aliphatic rings. The Bertz CT molecular complexity index is 207. The molecule has 3 heteroatoms. The van der Waals surface area contributed by atoms with Crippen molar-refractivity contribution in [2.75, 3.05) is 0 Å². The molecule has 1 N–H and O–H groups in total. The van der Waals surface area contributed by atoms with E-state index < -0.39 is 0 Å². The van der Waals surface area contributed by atoms with Gasteiger partial charge < -0.3 is 4.74 Å². The first-order valence-corrected chi connectivity index (χ1v) is 4.70. The Morgan fingerprint density at radius 1 is 1.46 bits per heavy atom. The van der Waals surface area contributed by atoms with Crippen LogP contribution in [-0.2, 0) is 9.53 Å². The van der Waals surface area contributed by atoms with Gasteiger partial charge in [0.1, 0.15) is 11.6 Å². The zero-order chi connectivity index (χ0) is 10.3. The van der Waals surface area contributed by atoms with Gasteiger partial charge in [-0.2, -0.15) is 0 Å². The Kier molecular flexibility index (Phi) is 2.41. The molecule has 0 radical (unpaired) electrons. The van der Waals surface area contributed by atoms with Gasteiger partial charge in [-0.05, 0) is 41.0 Å². The van der Waals surface area contributed by atoms with E-state index in [1.807, 2.05) is 20.8 Å². The van der Waals surface area contributed by atoms with Gasteiger partial charge in [0.15, 0.2) is 0 Å². The van der Waals surface area contributed by atoms with Crippen LogP contribution >= 0.6 is 0 Å². The molecule has 0 aromatic heterocycles. The second-order valence-electron chi connectivity index (χ2n) is 5.32. The number of esters is 1. The maximum Gasteiger partial charge on any atom is 0.323 e. The number of carbonyl (C=O) groups excluding carboxylic acids is 1. The van der Waals surface area contributed by atoms with Crippen molar-refractivity contribution in [1.29, 1.82) is 0 Å². The smallest absolute Gasteiger partial charge is 0.323 e. The average Bonchev–Trinajstić information content (AvgIpc) is 1.77. The fourth-order valence-electron chi connectivity index (χ4n) is 1.48. The lowest BCUT2D eigenvalue weighted by Gasteiger charge is -2.43. The molecule has 13 heavy (non-hydrogen) atoms. The molecule has 0 bridgehead atoms. The number of ether oxygens (including phenoxy) is 1. The van der Waals surface area contributed by atoms with Crippen LogP contribution in [0.25, 0.3) is 0 Å². The van der Waals surface area contributed by atoms with Crippen LogP contribution in [0.4, 0.5) is 0 Å². The molecule has 3 nitrogen and oxygen atoms in total. The van der Waals surface area contributed by atoms with Crippen LogP contribution in [0.3, 0.4) is 0 Å². The van der Waals surface area contributed by atoms with Gasteiger partial charge in [0, 0.05) is 5.54 Å². The van der Waals surface area contributed by atoms with Crippen LogP contribution in [-0.4, -0.2) is 23.2 Å². The minimum Gasteiger partial charge on any atom is -0.459 e. The highest BCUT2D eigenvalue weighted by Crippen LogP contribution is 2.25. The number of hydrogen-bond acceptors (Lipinski definition) is 3. The predicted molar refractivity (Wildman–Crippen MR) is 51.5 cm³/mol.